The van der Waals surface area contributed by atoms with Gasteiger partial charge in [-0.15, -0.1) is 0 Å². The number of pyridine rings is 5. The van der Waals surface area contributed by atoms with Crippen LogP contribution in [0.4, 0.5) is 0 Å². The first-order valence-corrected chi connectivity index (χ1v) is 36.9. The van der Waals surface area contributed by atoms with Crippen molar-refractivity contribution in [1.29, 1.82) is 0 Å². The number of aromatic nitrogens is 5. The maximum Gasteiger partial charge on any atom is 0.129 e. The van der Waals surface area contributed by atoms with Crippen LogP contribution in [-0.2, 0) is 0 Å². The van der Waals surface area contributed by atoms with Gasteiger partial charge < -0.3 is 0 Å². The Hall–Kier alpha value is -2.49. The van der Waals surface area contributed by atoms with Gasteiger partial charge in [-0.2, -0.15) is 0 Å². The first-order valence-electron chi connectivity index (χ1n) is 31.0. The molecule has 11 rings (SSSR count). The van der Waals surface area contributed by atoms with Crippen molar-refractivity contribution < 1.29 is 0 Å². The molecule has 5 atom stereocenters. The fourth-order valence-electron chi connectivity index (χ4n) is 14.5. The lowest BCUT2D eigenvalue weighted by Gasteiger charge is -2.43. The van der Waals surface area contributed by atoms with Crippen LogP contribution in [-0.4, -0.2) is 133 Å². The zero-order valence-electron chi connectivity index (χ0n) is 53.4. The molecule has 0 aliphatic carbocycles. The van der Waals surface area contributed by atoms with Crippen molar-refractivity contribution in [3.63, 3.8) is 0 Å². The first-order chi connectivity index (χ1) is 40.7. The van der Waals surface area contributed by atoms with E-state index in [9.17, 15) is 0 Å². The quantitative estimate of drug-likeness (QED) is 0.0924. The van der Waals surface area contributed by atoms with E-state index in [-0.39, 0.29) is 23.4 Å². The number of benzene rings is 1. The Labute approximate surface area is 544 Å². The van der Waals surface area contributed by atoms with E-state index in [0.717, 1.165) is 51.9 Å². The molecular formula is C68H92Cl5N10P3. The van der Waals surface area contributed by atoms with Crippen molar-refractivity contribution >= 4 is 114 Å². The molecule has 0 N–H and O–H groups in total. The molecule has 5 aromatic heterocycles. The highest BCUT2D eigenvalue weighted by atomic mass is 35.5. The first kappa shape index (κ1) is 67.9. The van der Waals surface area contributed by atoms with Gasteiger partial charge in [-0.1, -0.05) is 159 Å². The molecular weight excluding hydrogens is 1230 g/mol. The van der Waals surface area contributed by atoms with Crippen LogP contribution >= 0.6 is 81.8 Å². The van der Waals surface area contributed by atoms with Crippen LogP contribution in [0.25, 0.3) is 0 Å². The van der Waals surface area contributed by atoms with Gasteiger partial charge in [0, 0.05) is 61.2 Å². The fraction of sp³-hybridized carbons (Fsp3) is 0.544. The standard InChI is InChI=1S/C26H29Cl2N4P.C24H33Cl2N4P.C18H30ClN2P/c1-31-12-6-10-21(31)19-16-29-25(27)14-23(19)33(18-8-4-3-5-9-18)24-15-26(28)30-17-20(24)22-11-7-13-32(22)2;1-24(2,3)31(20-12-22(25)27-14-16(20)18-8-6-10-29(18)4)21-13-23(26)28-15-17(21)19-9-7-11-30(19)5;1-17(2,3)22(18(4,5)6)15-11-16(19)20-12-13(15)14-9-8-10-21(14)7/h3-5,8-9,14-17,21-22H,6-7,10-13H2,1-2H3;12-15,18-19H,6-11H2,1-5H3;11-12,14H,8-10H2,1-7H3/t21-,22-;18-,19-;14-/m000/s1. The maximum absolute atomic E-state index is 6.54. The van der Waals surface area contributed by atoms with Crippen molar-refractivity contribution in [1.82, 2.24) is 49.4 Å². The molecule has 0 amide bonds. The molecule has 10 nitrogen and oxygen atoms in total. The van der Waals surface area contributed by atoms with E-state index in [1.165, 1.54) is 105 Å². The van der Waals surface area contributed by atoms with Crippen LogP contribution in [0.15, 0.2) is 91.6 Å². The SMILES string of the molecule is CN1CCC[C@H]1c1cnc(Cl)cc1P(C(C)(C)C)C(C)(C)C.CN1CCC[C@H]1c1cnc(Cl)cc1P(c1cc(Cl)ncc1[C@@H]1CCCN1C)C(C)(C)C.CN1CCC[C@H]1c1cnc(Cl)cc1P(c1ccccc1)c1cc(Cl)ncc1[C@@H]1CCCN1C. The zero-order valence-corrected chi connectivity index (χ0v) is 59.8. The lowest BCUT2D eigenvalue weighted by atomic mass is 10.1. The Morgan fingerprint density at radius 3 is 0.872 bits per heavy atom. The number of likely N-dealkylation sites (tertiary alicyclic amines) is 5. The van der Waals surface area contributed by atoms with E-state index in [4.69, 9.17) is 58.0 Å². The average molecular weight is 1320 g/mol. The van der Waals surface area contributed by atoms with Gasteiger partial charge in [0.25, 0.3) is 0 Å². The summed E-state index contributed by atoms with van der Waals surface area (Å²) in [5, 5.41) is 11.3. The Kier molecular flexibility index (Phi) is 22.9. The third kappa shape index (κ3) is 15.9. The lowest BCUT2D eigenvalue weighted by molar-refractivity contribution is 0.318. The highest BCUT2D eigenvalue weighted by molar-refractivity contribution is 7.80. The van der Waals surface area contributed by atoms with Crippen LogP contribution in [0.1, 0.15) is 185 Å². The van der Waals surface area contributed by atoms with Gasteiger partial charge in [0.2, 0.25) is 0 Å². The van der Waals surface area contributed by atoms with Crippen LogP contribution in [0, 0.1) is 0 Å². The minimum absolute atomic E-state index is 0.0303. The highest BCUT2D eigenvalue weighted by Crippen LogP contribution is 2.60. The Balaban J connectivity index is 0.000000158. The average Bonchev–Trinajstić information content (AvgIpc) is 1.15. The van der Waals surface area contributed by atoms with Crippen molar-refractivity contribution in [2.45, 2.75) is 172 Å². The van der Waals surface area contributed by atoms with Crippen LogP contribution in [0.2, 0.25) is 25.8 Å². The van der Waals surface area contributed by atoms with E-state index in [1.54, 1.807) is 0 Å². The lowest BCUT2D eigenvalue weighted by Crippen LogP contribution is -2.34. The molecule has 0 spiro atoms. The van der Waals surface area contributed by atoms with Gasteiger partial charge in [-0.3, -0.25) is 24.5 Å². The number of hydrogen-bond acceptors (Lipinski definition) is 10. The summed E-state index contributed by atoms with van der Waals surface area (Å²) in [4.78, 5) is 34.7. The molecule has 0 bridgehead atoms. The predicted molar refractivity (Wildman–Crippen MR) is 374 cm³/mol. The normalized spacial score (nSPS) is 22.1. The van der Waals surface area contributed by atoms with Crippen LogP contribution < -0.4 is 31.8 Å². The van der Waals surface area contributed by atoms with Gasteiger partial charge in [-0.25, -0.2) is 24.9 Å². The third-order valence-corrected chi connectivity index (χ3v) is 28.2. The van der Waals surface area contributed by atoms with Crippen molar-refractivity contribution in [3.05, 3.63) is 145 Å². The molecule has 464 valence electrons. The largest absolute Gasteiger partial charge is 0.299 e. The Bertz CT molecular complexity index is 3110. The predicted octanol–water partition coefficient (Wildman–Crippen LogP) is 15.8. The summed E-state index contributed by atoms with van der Waals surface area (Å²) in [6.07, 6.45) is 22.0. The molecule has 18 heteroatoms. The van der Waals surface area contributed by atoms with E-state index < -0.39 is 15.8 Å². The number of rotatable bonds is 11. The molecule has 0 radical (unpaired) electrons. The Morgan fingerprint density at radius 1 is 0.360 bits per heavy atom. The second kappa shape index (κ2) is 29.0. The smallest absolute Gasteiger partial charge is 0.129 e. The monoisotopic (exact) mass is 1320 g/mol. The van der Waals surface area contributed by atoms with Crippen molar-refractivity contribution in [3.8, 4) is 0 Å². The summed E-state index contributed by atoms with van der Waals surface area (Å²) >= 11 is 32.4. The topological polar surface area (TPSA) is 80.7 Å². The van der Waals surface area contributed by atoms with Gasteiger partial charge in [0.15, 0.2) is 0 Å². The number of halogens is 5. The fourth-order valence-corrected chi connectivity index (χ4v) is 25.7. The molecule has 6 aromatic rings. The van der Waals surface area contributed by atoms with Gasteiger partial charge in [0.1, 0.15) is 25.8 Å². The molecule has 0 saturated carbocycles. The zero-order chi connectivity index (χ0) is 62.0. The Morgan fingerprint density at radius 2 is 0.616 bits per heavy atom. The van der Waals surface area contributed by atoms with Crippen molar-refractivity contribution in [2.24, 2.45) is 0 Å². The second-order valence-electron chi connectivity index (χ2n) is 27.4. The molecule has 0 unspecified atom stereocenters. The van der Waals surface area contributed by atoms with Crippen LogP contribution in [0.3, 0.4) is 0 Å². The summed E-state index contributed by atoms with van der Waals surface area (Å²) in [7, 11) is 9.10. The minimum Gasteiger partial charge on any atom is -0.299 e. The van der Waals surface area contributed by atoms with Gasteiger partial charge >= 0.3 is 0 Å². The third-order valence-electron chi connectivity index (χ3n) is 18.0. The highest BCUT2D eigenvalue weighted by Gasteiger charge is 2.41. The maximum atomic E-state index is 6.54. The van der Waals surface area contributed by atoms with Crippen LogP contribution in [0.5, 0.6) is 0 Å². The molecule has 5 aliphatic heterocycles. The summed E-state index contributed by atoms with van der Waals surface area (Å²) in [5.74, 6) is 0. The van der Waals surface area contributed by atoms with E-state index in [2.05, 4.69) is 208 Å². The molecule has 5 saturated heterocycles. The molecule has 86 heavy (non-hydrogen) atoms. The van der Waals surface area contributed by atoms with Crippen molar-refractivity contribution in [2.75, 3.05) is 68.0 Å². The van der Waals surface area contributed by atoms with Gasteiger partial charge in [-0.05, 0) is 253 Å². The molecule has 5 fully saturated rings. The summed E-state index contributed by atoms with van der Waals surface area (Å²) < 4.78 is 0. The minimum atomic E-state index is -0.893. The molecule has 5 aliphatic rings. The number of nitrogens with zero attached hydrogens (tertiary/aromatic N) is 10. The summed E-state index contributed by atoms with van der Waals surface area (Å²) in [6.45, 7) is 26.8. The van der Waals surface area contributed by atoms with E-state index >= 15 is 0 Å². The second-order valence-corrected chi connectivity index (χ2v) is 38.3. The summed E-state index contributed by atoms with van der Waals surface area (Å²) in [6, 6.07) is 23.4. The molecule has 1 aromatic carbocycles. The van der Waals surface area contributed by atoms with Gasteiger partial charge in [0.05, 0.1) is 0 Å². The van der Waals surface area contributed by atoms with E-state index in [0.29, 0.717) is 56.0 Å². The van der Waals surface area contributed by atoms with E-state index in [1.807, 2.05) is 31.0 Å². The number of hydrogen-bond donors (Lipinski definition) is 0. The molecule has 10 heterocycles. The summed E-state index contributed by atoms with van der Waals surface area (Å²) in [5.41, 5.74) is 6.62.